The summed E-state index contributed by atoms with van der Waals surface area (Å²) in [5, 5.41) is 0. The largest absolute Gasteiger partial charge is 0.446 e. The van der Waals surface area contributed by atoms with Crippen LogP contribution >= 0.6 is 12.1 Å². The van der Waals surface area contributed by atoms with Gasteiger partial charge in [-0.2, -0.15) is 0 Å². The lowest BCUT2D eigenvalue weighted by Crippen LogP contribution is -2.28. The molecule has 0 aliphatic heterocycles. The Morgan fingerprint density at radius 3 is 2.00 bits per heavy atom. The second-order valence-electron chi connectivity index (χ2n) is 3.66. The summed E-state index contributed by atoms with van der Waals surface area (Å²) in [7, 11) is 4.14. The average Bonchev–Trinajstić information content (AvgIpc) is 2.44. The van der Waals surface area contributed by atoms with Gasteiger partial charge in [0, 0.05) is 21.2 Å². The molecule has 2 amide bonds. The Labute approximate surface area is 127 Å². The lowest BCUT2D eigenvalue weighted by atomic mass is 10.7. The average molecular weight is 328 g/mol. The predicted octanol–water partition coefficient (Wildman–Crippen LogP) is 1.32. The molecule has 0 unspecified atom stereocenters. The number of methoxy groups -OCH3 is 1. The standard InChI is InChI=1S/C11H21FN2O6S/c1-13(10(12)15)21-14(2)11(16)20-9-8-19-7-6-18-5-4-17-3/h4-9H2,1-3H3. The number of carbonyl (C=O) groups is 2. The van der Waals surface area contributed by atoms with Gasteiger partial charge in [-0.05, 0) is 0 Å². The summed E-state index contributed by atoms with van der Waals surface area (Å²) in [5.41, 5.74) is 0. The molecule has 0 saturated heterocycles. The SMILES string of the molecule is COCCOCCOCCOC(=O)N(C)SN(C)C(=O)F. The van der Waals surface area contributed by atoms with Gasteiger partial charge in [0.15, 0.2) is 0 Å². The fraction of sp³-hybridized carbons (Fsp3) is 0.818. The summed E-state index contributed by atoms with van der Waals surface area (Å²) in [4.78, 5) is 21.8. The van der Waals surface area contributed by atoms with E-state index in [4.69, 9.17) is 18.9 Å². The zero-order valence-corrected chi connectivity index (χ0v) is 13.2. The van der Waals surface area contributed by atoms with Crippen LogP contribution in [0.2, 0.25) is 0 Å². The zero-order valence-electron chi connectivity index (χ0n) is 12.4. The lowest BCUT2D eigenvalue weighted by molar-refractivity contribution is 0.0120. The second-order valence-corrected chi connectivity index (χ2v) is 4.92. The van der Waals surface area contributed by atoms with Gasteiger partial charge in [0.2, 0.25) is 0 Å². The molecule has 0 atom stereocenters. The van der Waals surface area contributed by atoms with Crippen molar-refractivity contribution in [1.82, 2.24) is 8.61 Å². The first-order valence-corrected chi connectivity index (χ1v) is 6.88. The molecule has 0 fully saturated rings. The maximum Gasteiger partial charge on any atom is 0.421 e. The van der Waals surface area contributed by atoms with E-state index in [1.54, 1.807) is 7.11 Å². The topological polar surface area (TPSA) is 77.5 Å². The maximum atomic E-state index is 12.3. The van der Waals surface area contributed by atoms with Crippen LogP contribution in [0.1, 0.15) is 0 Å². The van der Waals surface area contributed by atoms with Gasteiger partial charge < -0.3 is 18.9 Å². The second kappa shape index (κ2) is 12.6. The normalized spacial score (nSPS) is 10.3. The highest BCUT2D eigenvalue weighted by Gasteiger charge is 2.16. The van der Waals surface area contributed by atoms with Crippen LogP contribution < -0.4 is 0 Å². The molecular formula is C11H21FN2O6S. The van der Waals surface area contributed by atoms with E-state index in [2.05, 4.69) is 0 Å². The number of halogens is 1. The molecule has 0 bridgehead atoms. The van der Waals surface area contributed by atoms with Crippen LogP contribution in [0.15, 0.2) is 0 Å². The molecule has 0 aromatic heterocycles. The first kappa shape index (κ1) is 19.9. The van der Waals surface area contributed by atoms with Crippen molar-refractivity contribution in [2.24, 2.45) is 0 Å². The minimum atomic E-state index is -1.66. The van der Waals surface area contributed by atoms with Crippen molar-refractivity contribution in [2.75, 3.05) is 60.8 Å². The summed E-state index contributed by atoms with van der Waals surface area (Å²) in [5.74, 6) is 0. The minimum Gasteiger partial charge on any atom is -0.446 e. The molecule has 0 aliphatic rings. The van der Waals surface area contributed by atoms with Crippen LogP contribution in [0, 0.1) is 0 Å². The summed E-state index contributed by atoms with van der Waals surface area (Å²) in [6, 6.07) is 0. The van der Waals surface area contributed by atoms with Gasteiger partial charge in [-0.1, -0.05) is 0 Å². The van der Waals surface area contributed by atoms with E-state index in [1.165, 1.54) is 14.1 Å². The molecule has 8 nitrogen and oxygen atoms in total. The van der Waals surface area contributed by atoms with Gasteiger partial charge in [0.05, 0.1) is 45.2 Å². The smallest absolute Gasteiger partial charge is 0.421 e. The Bertz CT molecular complexity index is 310. The van der Waals surface area contributed by atoms with Crippen molar-refractivity contribution in [1.29, 1.82) is 0 Å². The van der Waals surface area contributed by atoms with Crippen LogP contribution in [-0.4, -0.2) is 81.7 Å². The molecule has 0 heterocycles. The van der Waals surface area contributed by atoms with E-state index in [0.717, 1.165) is 4.31 Å². The van der Waals surface area contributed by atoms with Crippen molar-refractivity contribution in [3.63, 3.8) is 0 Å². The fourth-order valence-electron chi connectivity index (χ4n) is 0.992. The highest BCUT2D eigenvalue weighted by molar-refractivity contribution is 7.95. The molecule has 0 radical (unpaired) electrons. The third kappa shape index (κ3) is 11.3. The van der Waals surface area contributed by atoms with Crippen LogP contribution in [-0.2, 0) is 18.9 Å². The number of ether oxygens (including phenoxy) is 4. The summed E-state index contributed by atoms with van der Waals surface area (Å²) >= 11 is 0.590. The molecule has 124 valence electrons. The van der Waals surface area contributed by atoms with Crippen molar-refractivity contribution < 1.29 is 32.9 Å². The third-order valence-corrected chi connectivity index (χ3v) is 2.79. The Hall–Kier alpha value is -1.10. The predicted molar refractivity (Wildman–Crippen MR) is 74.5 cm³/mol. The van der Waals surface area contributed by atoms with Gasteiger partial charge in [0.25, 0.3) is 0 Å². The van der Waals surface area contributed by atoms with Crippen molar-refractivity contribution in [2.45, 2.75) is 0 Å². The molecule has 0 aromatic carbocycles. The number of carbonyl (C=O) groups excluding carboxylic acids is 2. The number of amides is 2. The van der Waals surface area contributed by atoms with E-state index in [0.29, 0.717) is 42.9 Å². The summed E-state index contributed by atoms with van der Waals surface area (Å²) in [6.07, 6.45) is -2.36. The van der Waals surface area contributed by atoms with Gasteiger partial charge in [-0.3, -0.25) is 0 Å². The van der Waals surface area contributed by atoms with E-state index in [1.807, 2.05) is 0 Å². The quantitative estimate of drug-likeness (QED) is 0.245. The van der Waals surface area contributed by atoms with Gasteiger partial charge >= 0.3 is 12.3 Å². The van der Waals surface area contributed by atoms with Crippen LogP contribution in [0.25, 0.3) is 0 Å². The fourth-order valence-corrected chi connectivity index (χ4v) is 1.54. The monoisotopic (exact) mass is 328 g/mol. The van der Waals surface area contributed by atoms with E-state index < -0.39 is 12.3 Å². The molecule has 0 spiro atoms. The molecule has 0 rings (SSSR count). The summed E-state index contributed by atoms with van der Waals surface area (Å²) < 4.78 is 33.9. The molecule has 0 aliphatic carbocycles. The molecular weight excluding hydrogens is 307 g/mol. The minimum absolute atomic E-state index is 0.0507. The first-order valence-electron chi connectivity index (χ1n) is 6.15. The zero-order chi connectivity index (χ0) is 16.1. The number of hydrogen-bond donors (Lipinski definition) is 0. The first-order chi connectivity index (χ1) is 9.99. The van der Waals surface area contributed by atoms with Gasteiger partial charge in [-0.15, -0.1) is 4.39 Å². The maximum absolute atomic E-state index is 12.3. The third-order valence-electron chi connectivity index (χ3n) is 2.01. The molecule has 10 heteroatoms. The van der Waals surface area contributed by atoms with E-state index in [-0.39, 0.29) is 13.2 Å². The van der Waals surface area contributed by atoms with Gasteiger partial charge in [-0.25, -0.2) is 18.2 Å². The summed E-state index contributed by atoms with van der Waals surface area (Å²) in [6.45, 7) is 2.10. The van der Waals surface area contributed by atoms with Gasteiger partial charge in [0.1, 0.15) is 6.61 Å². The lowest BCUT2D eigenvalue weighted by Gasteiger charge is -2.19. The van der Waals surface area contributed by atoms with Crippen molar-refractivity contribution >= 4 is 24.4 Å². The van der Waals surface area contributed by atoms with Crippen LogP contribution in [0.4, 0.5) is 14.0 Å². The Balaban J connectivity index is 3.50. The molecule has 0 N–H and O–H groups in total. The molecule has 0 saturated carbocycles. The number of rotatable bonds is 11. The van der Waals surface area contributed by atoms with Crippen LogP contribution in [0.3, 0.4) is 0 Å². The Morgan fingerprint density at radius 1 is 0.952 bits per heavy atom. The van der Waals surface area contributed by atoms with Crippen molar-refractivity contribution in [3.05, 3.63) is 0 Å². The van der Waals surface area contributed by atoms with E-state index >= 15 is 0 Å². The highest BCUT2D eigenvalue weighted by Crippen LogP contribution is 2.13. The number of nitrogens with zero attached hydrogens (tertiary/aromatic N) is 2. The molecule has 21 heavy (non-hydrogen) atoms. The Kier molecular flexibility index (Phi) is 12.0. The van der Waals surface area contributed by atoms with E-state index in [9.17, 15) is 14.0 Å². The van der Waals surface area contributed by atoms with Crippen LogP contribution in [0.5, 0.6) is 0 Å². The Morgan fingerprint density at radius 2 is 1.48 bits per heavy atom. The highest BCUT2D eigenvalue weighted by atomic mass is 32.2. The molecule has 0 aromatic rings. The van der Waals surface area contributed by atoms with Crippen molar-refractivity contribution in [3.8, 4) is 0 Å². The number of hydrogen-bond acceptors (Lipinski definition) is 7.